The summed E-state index contributed by atoms with van der Waals surface area (Å²) >= 11 is 4.36. The van der Waals surface area contributed by atoms with Crippen LogP contribution >= 0.6 is 49.4 Å². The second-order valence-electron chi connectivity index (χ2n) is 9.87. The first-order valence-electron chi connectivity index (χ1n) is 12.6. The van der Waals surface area contributed by atoms with Crippen molar-refractivity contribution in [2.75, 3.05) is 44.2 Å². The summed E-state index contributed by atoms with van der Waals surface area (Å²) in [6.45, 7) is 5.70. The number of hydrogen-bond acceptors (Lipinski definition) is 4. The minimum atomic E-state index is -0.944. The fraction of sp³-hybridized carbons (Fsp3) is 0.393. The molecule has 8 heteroatoms. The maximum absolute atomic E-state index is 13.2. The predicted molar refractivity (Wildman–Crippen MR) is 173 cm³/mol. The Morgan fingerprint density at radius 2 is 1.72 bits per heavy atom. The van der Waals surface area contributed by atoms with Crippen LogP contribution in [-0.4, -0.2) is 53.4 Å². The summed E-state index contributed by atoms with van der Waals surface area (Å²) in [4.78, 5) is 17.7. The number of carbonyl (C=O) groups excluding carboxylic acids is 1. The van der Waals surface area contributed by atoms with E-state index in [0.29, 0.717) is 12.5 Å². The molecule has 2 bridgehead atoms. The van der Waals surface area contributed by atoms with Crippen LogP contribution in [0.5, 0.6) is 0 Å². The fourth-order valence-electron chi connectivity index (χ4n) is 5.98. The fourth-order valence-corrected chi connectivity index (χ4v) is 12.0. The Bertz CT molecular complexity index is 1260. The van der Waals surface area contributed by atoms with Crippen LogP contribution in [0.1, 0.15) is 41.5 Å². The van der Waals surface area contributed by atoms with Crippen LogP contribution in [0.25, 0.3) is 10.8 Å². The van der Waals surface area contributed by atoms with Gasteiger partial charge in [0.05, 0.1) is 0 Å². The van der Waals surface area contributed by atoms with E-state index >= 15 is 0 Å². The van der Waals surface area contributed by atoms with Gasteiger partial charge in [-0.15, -0.1) is 0 Å². The number of rotatable bonds is 5. The van der Waals surface area contributed by atoms with E-state index in [4.69, 9.17) is 4.74 Å². The van der Waals surface area contributed by atoms with Gasteiger partial charge in [-0.2, -0.15) is 0 Å². The van der Waals surface area contributed by atoms with Crippen molar-refractivity contribution in [1.29, 1.82) is 0 Å². The number of nitrogens with zero attached hydrogens (tertiary/aromatic N) is 3. The molecular weight excluding hydrogens is 791 g/mol. The number of benzene rings is 3. The molecule has 2 fully saturated rings. The second-order valence-corrected chi connectivity index (χ2v) is 33.1. The van der Waals surface area contributed by atoms with Crippen molar-refractivity contribution in [2.45, 2.75) is 31.2 Å². The molecule has 190 valence electrons. The van der Waals surface area contributed by atoms with Crippen LogP contribution in [-0.2, 0) is 11.2 Å². The first-order valence-corrected chi connectivity index (χ1v) is 26.2. The van der Waals surface area contributed by atoms with Gasteiger partial charge in [0.2, 0.25) is 0 Å². The van der Waals surface area contributed by atoms with Gasteiger partial charge in [-0.05, 0) is 16.3 Å². The standard InChI is InChI=1S/C28H30I3N3O2/c29-31(30)33-14-12-32(13-15-33)24-7-8-25-23-9-11-34(27(18-23)26(25)19-24)28(35)36-16-10-20-5-6-21-3-1-2-4-22(21)17-20/h1-8,17,19,23,27H,9-16,18H2. The van der Waals surface area contributed by atoms with Gasteiger partial charge in [-0.25, -0.2) is 0 Å². The Labute approximate surface area is 240 Å². The first-order chi connectivity index (χ1) is 17.6. The molecule has 0 radical (unpaired) electrons. The molecule has 2 aliphatic heterocycles. The van der Waals surface area contributed by atoms with E-state index in [1.54, 1.807) is 0 Å². The van der Waals surface area contributed by atoms with Crippen molar-refractivity contribution in [1.82, 2.24) is 8.01 Å². The van der Waals surface area contributed by atoms with Crippen molar-refractivity contribution < 1.29 is 9.53 Å². The van der Waals surface area contributed by atoms with Crippen molar-refractivity contribution in [3.8, 4) is 0 Å². The number of ether oxygens (including phenoxy) is 1. The Kier molecular flexibility index (Phi) is 7.83. The number of fused-ring (bicyclic) bond motifs is 6. The zero-order chi connectivity index (χ0) is 24.6. The summed E-state index contributed by atoms with van der Waals surface area (Å²) in [6, 6.07) is 22.0. The van der Waals surface area contributed by atoms with E-state index in [2.05, 4.69) is 106 Å². The second kappa shape index (κ2) is 11.1. The number of piperidine rings is 1. The van der Waals surface area contributed by atoms with E-state index in [1.165, 1.54) is 33.2 Å². The van der Waals surface area contributed by atoms with Crippen LogP contribution < -0.4 is 4.90 Å². The molecule has 6 rings (SSSR count). The van der Waals surface area contributed by atoms with Crippen LogP contribution in [0, 0.1) is 0 Å². The summed E-state index contributed by atoms with van der Waals surface area (Å²) in [7, 11) is 0. The minimum absolute atomic E-state index is 0.148. The topological polar surface area (TPSA) is 36.0 Å². The van der Waals surface area contributed by atoms with E-state index in [0.717, 1.165) is 52.0 Å². The van der Waals surface area contributed by atoms with Crippen molar-refractivity contribution in [3.05, 3.63) is 77.4 Å². The molecule has 1 aliphatic carbocycles. The Balaban J connectivity index is 1.11. The van der Waals surface area contributed by atoms with Crippen molar-refractivity contribution in [2.24, 2.45) is 0 Å². The Hall–Kier alpha value is -0.860. The molecular formula is C28H30I3N3O2. The third-order valence-corrected chi connectivity index (χ3v) is 16.8. The average molecular weight is 821 g/mol. The molecule has 2 unspecified atom stereocenters. The van der Waals surface area contributed by atoms with Crippen molar-refractivity contribution in [3.63, 3.8) is 0 Å². The molecule has 2 saturated heterocycles. The van der Waals surface area contributed by atoms with Gasteiger partial charge in [0.25, 0.3) is 0 Å². The molecule has 0 aromatic heterocycles. The van der Waals surface area contributed by atoms with Gasteiger partial charge in [0.15, 0.2) is 0 Å². The molecule has 2 heterocycles. The number of likely N-dealkylation sites (tertiary alicyclic amines) is 1. The molecule has 5 nitrogen and oxygen atoms in total. The number of piperazine rings is 1. The number of anilines is 1. The molecule has 3 aromatic carbocycles. The Morgan fingerprint density at radius 3 is 2.53 bits per heavy atom. The third-order valence-electron chi connectivity index (χ3n) is 7.91. The number of halogens is 3. The average Bonchev–Trinajstić information content (AvgIpc) is 3.19. The maximum atomic E-state index is 13.2. The summed E-state index contributed by atoms with van der Waals surface area (Å²) in [6.07, 6.45) is 2.64. The van der Waals surface area contributed by atoms with Crippen LogP contribution in [0.3, 0.4) is 0 Å². The normalized spacial score (nSPS) is 22.0. The number of carbonyl (C=O) groups is 1. The Morgan fingerprint density at radius 1 is 0.917 bits per heavy atom. The molecule has 3 aliphatic rings. The van der Waals surface area contributed by atoms with Crippen LogP contribution in [0.15, 0.2) is 60.7 Å². The molecule has 1 amide bonds. The summed E-state index contributed by atoms with van der Waals surface area (Å²) < 4.78 is 8.50. The molecule has 36 heavy (non-hydrogen) atoms. The van der Waals surface area contributed by atoms with Gasteiger partial charge < -0.3 is 0 Å². The summed E-state index contributed by atoms with van der Waals surface area (Å²) in [5.41, 5.74) is 5.31. The molecule has 0 N–H and O–H groups in total. The third kappa shape index (κ3) is 5.20. The number of amides is 1. The van der Waals surface area contributed by atoms with E-state index < -0.39 is 12.1 Å². The SMILES string of the molecule is O=C(OCCc1ccc2ccccc2c1)N1CCC2CC1c1cc(N3CCN(I(I)I)CC3)ccc12. The summed E-state index contributed by atoms with van der Waals surface area (Å²) in [5.74, 6) is 0.572. The molecule has 2 atom stereocenters. The van der Waals surface area contributed by atoms with Gasteiger partial charge in [0.1, 0.15) is 0 Å². The zero-order valence-corrected chi connectivity index (χ0v) is 26.6. The first kappa shape index (κ1) is 25.4. The van der Waals surface area contributed by atoms with Gasteiger partial charge in [-0.1, -0.05) is 42.5 Å². The summed E-state index contributed by atoms with van der Waals surface area (Å²) in [5, 5.41) is 2.47. The van der Waals surface area contributed by atoms with Gasteiger partial charge >= 0.3 is 177 Å². The van der Waals surface area contributed by atoms with Gasteiger partial charge in [0, 0.05) is 6.42 Å². The van der Waals surface area contributed by atoms with Crippen LogP contribution in [0.4, 0.5) is 10.5 Å². The molecule has 0 spiro atoms. The van der Waals surface area contributed by atoms with Crippen molar-refractivity contribution >= 4 is 71.9 Å². The van der Waals surface area contributed by atoms with E-state index in [9.17, 15) is 4.79 Å². The quantitative estimate of drug-likeness (QED) is 0.196. The van der Waals surface area contributed by atoms with E-state index in [-0.39, 0.29) is 12.1 Å². The number of hydrogen-bond donors (Lipinski definition) is 0. The predicted octanol–water partition coefficient (Wildman–Crippen LogP) is 7.70. The van der Waals surface area contributed by atoms with Crippen LogP contribution in [0.2, 0.25) is 0 Å². The molecule has 3 aromatic rings. The monoisotopic (exact) mass is 821 g/mol. The molecule has 0 saturated carbocycles. The zero-order valence-electron chi connectivity index (χ0n) is 20.1. The van der Waals surface area contributed by atoms with E-state index in [1.807, 2.05) is 4.90 Å². The van der Waals surface area contributed by atoms with Gasteiger partial charge in [-0.3, -0.25) is 0 Å².